The van der Waals surface area contributed by atoms with Crippen molar-refractivity contribution in [2.45, 2.75) is 31.8 Å². The van der Waals surface area contributed by atoms with Gasteiger partial charge in [0.15, 0.2) is 0 Å². The van der Waals surface area contributed by atoms with Crippen LogP contribution in [0.1, 0.15) is 30.4 Å². The zero-order chi connectivity index (χ0) is 9.47. The predicted octanol–water partition coefficient (Wildman–Crippen LogP) is 3.13. The summed E-state index contributed by atoms with van der Waals surface area (Å²) in [6, 6.07) is 6.09. The van der Waals surface area contributed by atoms with Crippen molar-refractivity contribution in [3.05, 3.63) is 33.8 Å². The third-order valence-corrected chi connectivity index (χ3v) is 3.36. The lowest BCUT2D eigenvalue weighted by Crippen LogP contribution is -2.34. The molecule has 1 N–H and O–H groups in total. The Bertz CT molecular complexity index is 329. The molecule has 0 amide bonds. The molecule has 0 aromatic heterocycles. The normalized spacial score (nSPS) is 19.6. The van der Waals surface area contributed by atoms with Gasteiger partial charge in [-0.25, -0.2) is 0 Å². The maximum absolute atomic E-state index is 10.1. The summed E-state index contributed by atoms with van der Waals surface area (Å²) in [5.41, 5.74) is 1.75. The topological polar surface area (TPSA) is 20.2 Å². The van der Waals surface area contributed by atoms with Crippen LogP contribution >= 0.6 is 15.9 Å². The van der Waals surface area contributed by atoms with Crippen molar-refractivity contribution in [1.29, 1.82) is 0 Å². The lowest BCUT2D eigenvalue weighted by molar-refractivity contribution is -0.0393. The molecular formula is C11H13BrO. The predicted molar refractivity (Wildman–Crippen MR) is 56.6 cm³/mol. The second-order valence-corrected chi connectivity index (χ2v) is 4.76. The summed E-state index contributed by atoms with van der Waals surface area (Å²) in [6.07, 6.45) is 2.97. The molecule has 0 bridgehead atoms. The van der Waals surface area contributed by atoms with E-state index in [1.807, 2.05) is 12.1 Å². The molecule has 2 rings (SSSR count). The van der Waals surface area contributed by atoms with Crippen LogP contribution in [0.4, 0.5) is 0 Å². The lowest BCUT2D eigenvalue weighted by atomic mass is 9.74. The molecule has 13 heavy (non-hydrogen) atoms. The summed E-state index contributed by atoms with van der Waals surface area (Å²) in [4.78, 5) is 0. The Kier molecular flexibility index (Phi) is 2.20. The van der Waals surface area contributed by atoms with Gasteiger partial charge in [-0.3, -0.25) is 0 Å². The van der Waals surface area contributed by atoms with Crippen molar-refractivity contribution in [3.63, 3.8) is 0 Å². The Balaban J connectivity index is 2.40. The summed E-state index contributed by atoms with van der Waals surface area (Å²) >= 11 is 3.42. The molecule has 0 spiro atoms. The van der Waals surface area contributed by atoms with Gasteiger partial charge in [0.05, 0.1) is 5.60 Å². The first-order chi connectivity index (χ1) is 6.12. The molecule has 1 nitrogen and oxygen atoms in total. The molecule has 1 aromatic rings. The Labute approximate surface area is 86.9 Å². The monoisotopic (exact) mass is 240 g/mol. The van der Waals surface area contributed by atoms with E-state index in [0.717, 1.165) is 29.3 Å². The zero-order valence-electron chi connectivity index (χ0n) is 7.68. The highest BCUT2D eigenvalue weighted by molar-refractivity contribution is 9.10. The largest absolute Gasteiger partial charge is 0.385 e. The number of aliphatic hydroxyl groups is 1. The highest BCUT2D eigenvalue weighted by Gasteiger charge is 2.36. The SMILES string of the molecule is Cc1cc(Br)ccc1C1(O)CCC1. The van der Waals surface area contributed by atoms with Crippen molar-refractivity contribution >= 4 is 15.9 Å². The lowest BCUT2D eigenvalue weighted by Gasteiger charge is -2.38. The number of hydrogen-bond donors (Lipinski definition) is 1. The Hall–Kier alpha value is -0.340. The van der Waals surface area contributed by atoms with Crippen molar-refractivity contribution in [3.8, 4) is 0 Å². The van der Waals surface area contributed by atoms with Crippen LogP contribution < -0.4 is 0 Å². The fraction of sp³-hybridized carbons (Fsp3) is 0.455. The fourth-order valence-electron chi connectivity index (χ4n) is 1.93. The van der Waals surface area contributed by atoms with Gasteiger partial charge in [-0.1, -0.05) is 22.0 Å². The first-order valence-electron chi connectivity index (χ1n) is 4.61. The average Bonchev–Trinajstić information content (AvgIpc) is 2.00. The Morgan fingerprint density at radius 2 is 2.08 bits per heavy atom. The maximum atomic E-state index is 10.1. The third-order valence-electron chi connectivity index (χ3n) is 2.87. The highest BCUT2D eigenvalue weighted by atomic mass is 79.9. The minimum Gasteiger partial charge on any atom is -0.385 e. The van der Waals surface area contributed by atoms with E-state index in [4.69, 9.17) is 0 Å². The summed E-state index contributed by atoms with van der Waals surface area (Å²) in [6.45, 7) is 2.05. The van der Waals surface area contributed by atoms with Crippen molar-refractivity contribution in [2.75, 3.05) is 0 Å². The van der Waals surface area contributed by atoms with Crippen molar-refractivity contribution in [2.24, 2.45) is 0 Å². The van der Waals surface area contributed by atoms with Gasteiger partial charge in [-0.15, -0.1) is 0 Å². The van der Waals surface area contributed by atoms with Gasteiger partial charge in [0.2, 0.25) is 0 Å². The molecular weight excluding hydrogens is 228 g/mol. The Morgan fingerprint density at radius 1 is 1.38 bits per heavy atom. The first kappa shape index (κ1) is 9.22. The fourth-order valence-corrected chi connectivity index (χ4v) is 2.41. The molecule has 70 valence electrons. The highest BCUT2D eigenvalue weighted by Crippen LogP contribution is 2.42. The van der Waals surface area contributed by atoms with Gasteiger partial charge in [0.1, 0.15) is 0 Å². The number of halogens is 1. The van der Waals surface area contributed by atoms with E-state index in [2.05, 4.69) is 28.9 Å². The van der Waals surface area contributed by atoms with Crippen molar-refractivity contribution in [1.82, 2.24) is 0 Å². The minimum absolute atomic E-state index is 0.523. The van der Waals surface area contributed by atoms with Crippen LogP contribution in [0.5, 0.6) is 0 Å². The van der Waals surface area contributed by atoms with Gasteiger partial charge in [0, 0.05) is 4.47 Å². The molecule has 1 saturated carbocycles. The summed E-state index contributed by atoms with van der Waals surface area (Å²) in [7, 11) is 0. The van der Waals surface area contributed by atoms with E-state index in [9.17, 15) is 5.11 Å². The van der Waals surface area contributed by atoms with E-state index in [0.29, 0.717) is 0 Å². The van der Waals surface area contributed by atoms with Gasteiger partial charge in [0.25, 0.3) is 0 Å². The molecule has 0 heterocycles. The van der Waals surface area contributed by atoms with Crippen LogP contribution in [-0.4, -0.2) is 5.11 Å². The van der Waals surface area contributed by atoms with E-state index >= 15 is 0 Å². The molecule has 2 heteroatoms. The molecule has 1 fully saturated rings. The Morgan fingerprint density at radius 3 is 2.54 bits per heavy atom. The van der Waals surface area contributed by atoms with E-state index in [-0.39, 0.29) is 0 Å². The van der Waals surface area contributed by atoms with E-state index < -0.39 is 5.60 Å². The van der Waals surface area contributed by atoms with Crippen LogP contribution in [-0.2, 0) is 5.60 Å². The maximum Gasteiger partial charge on any atom is 0.0899 e. The molecule has 0 saturated heterocycles. The minimum atomic E-state index is -0.523. The van der Waals surface area contributed by atoms with Gasteiger partial charge >= 0.3 is 0 Å². The number of aryl methyl sites for hydroxylation is 1. The average molecular weight is 241 g/mol. The van der Waals surface area contributed by atoms with Crippen LogP contribution in [0.2, 0.25) is 0 Å². The molecule has 1 aromatic carbocycles. The second-order valence-electron chi connectivity index (χ2n) is 3.84. The third kappa shape index (κ3) is 1.53. The smallest absolute Gasteiger partial charge is 0.0899 e. The molecule has 0 unspecified atom stereocenters. The second kappa shape index (κ2) is 3.10. The van der Waals surface area contributed by atoms with E-state index in [1.54, 1.807) is 0 Å². The molecule has 0 atom stereocenters. The van der Waals surface area contributed by atoms with Gasteiger partial charge in [-0.2, -0.15) is 0 Å². The van der Waals surface area contributed by atoms with Crippen molar-refractivity contribution < 1.29 is 5.11 Å². The quantitative estimate of drug-likeness (QED) is 0.800. The summed E-state index contributed by atoms with van der Waals surface area (Å²) < 4.78 is 1.08. The van der Waals surface area contributed by atoms with Crippen LogP contribution in [0.3, 0.4) is 0 Å². The van der Waals surface area contributed by atoms with Gasteiger partial charge < -0.3 is 5.11 Å². The zero-order valence-corrected chi connectivity index (χ0v) is 9.26. The van der Waals surface area contributed by atoms with Crippen LogP contribution in [0, 0.1) is 6.92 Å². The number of benzene rings is 1. The summed E-state index contributed by atoms with van der Waals surface area (Å²) in [5.74, 6) is 0. The standard InChI is InChI=1S/C11H13BrO/c1-8-7-9(12)3-4-10(8)11(13)5-2-6-11/h3-4,7,13H,2,5-6H2,1H3. The molecule has 1 aliphatic carbocycles. The summed E-state index contributed by atoms with van der Waals surface area (Å²) in [5, 5.41) is 10.1. The van der Waals surface area contributed by atoms with E-state index in [1.165, 1.54) is 5.56 Å². The number of hydrogen-bond acceptors (Lipinski definition) is 1. The molecule has 0 aliphatic heterocycles. The van der Waals surface area contributed by atoms with Gasteiger partial charge in [-0.05, 0) is 49.4 Å². The van der Waals surface area contributed by atoms with Crippen LogP contribution in [0.15, 0.2) is 22.7 Å². The molecule has 0 radical (unpaired) electrons. The number of rotatable bonds is 1. The first-order valence-corrected chi connectivity index (χ1v) is 5.40. The van der Waals surface area contributed by atoms with Crippen LogP contribution in [0.25, 0.3) is 0 Å². The molecule has 1 aliphatic rings.